The lowest BCUT2D eigenvalue weighted by Gasteiger charge is -2.25. The number of fused-ring (bicyclic) bond motifs is 1. The molecule has 0 N–H and O–H groups in total. The minimum absolute atomic E-state index is 0.345. The van der Waals surface area contributed by atoms with Crippen LogP contribution in [0.2, 0.25) is 0 Å². The molecule has 2 aromatic carbocycles. The van der Waals surface area contributed by atoms with Crippen molar-refractivity contribution in [1.29, 1.82) is 0 Å². The van der Waals surface area contributed by atoms with Gasteiger partial charge in [-0.05, 0) is 6.07 Å². The van der Waals surface area contributed by atoms with E-state index < -0.39 is 37.4 Å². The average Bonchev–Trinajstić information content (AvgIpc) is 2.69. The standard InChI is InChI=1S/C21H21F3N4O2/c1-26(2)18(29)12-27(13-21(22,23)24)14-28-20(30)17-11-7-6-10-16(17)19(25-28)15-8-4-3-5-9-15/h3-11H,12-14H2,1-2H3. The smallest absolute Gasteiger partial charge is 0.348 e. The van der Waals surface area contributed by atoms with E-state index in [2.05, 4.69) is 5.10 Å². The SMILES string of the molecule is CN(C)C(=O)CN(Cn1nc(-c2ccccc2)c2ccccc2c1=O)CC(F)(F)F. The third-order valence-corrected chi connectivity index (χ3v) is 4.51. The fourth-order valence-corrected chi connectivity index (χ4v) is 3.07. The molecule has 3 aromatic rings. The summed E-state index contributed by atoms with van der Waals surface area (Å²) < 4.78 is 40.2. The Balaban J connectivity index is 2.08. The predicted molar refractivity (Wildman–Crippen MR) is 108 cm³/mol. The number of rotatable bonds is 6. The van der Waals surface area contributed by atoms with Crippen LogP contribution in [0.1, 0.15) is 0 Å². The number of aromatic nitrogens is 2. The lowest BCUT2D eigenvalue weighted by atomic mass is 10.1. The molecule has 0 unspecified atom stereocenters. The third-order valence-electron chi connectivity index (χ3n) is 4.51. The van der Waals surface area contributed by atoms with Crippen LogP contribution >= 0.6 is 0 Å². The van der Waals surface area contributed by atoms with Gasteiger partial charge in [-0.3, -0.25) is 14.5 Å². The molecule has 0 saturated carbocycles. The van der Waals surface area contributed by atoms with E-state index in [1.807, 2.05) is 30.3 Å². The quantitative estimate of drug-likeness (QED) is 0.618. The molecule has 158 valence electrons. The van der Waals surface area contributed by atoms with E-state index in [4.69, 9.17) is 0 Å². The highest BCUT2D eigenvalue weighted by atomic mass is 19.4. The van der Waals surface area contributed by atoms with Gasteiger partial charge in [0.25, 0.3) is 5.56 Å². The second kappa shape index (κ2) is 8.66. The van der Waals surface area contributed by atoms with Gasteiger partial charge >= 0.3 is 6.18 Å². The van der Waals surface area contributed by atoms with E-state index in [-0.39, 0.29) is 0 Å². The van der Waals surface area contributed by atoms with Crippen LogP contribution in [-0.4, -0.2) is 58.8 Å². The molecule has 9 heteroatoms. The van der Waals surface area contributed by atoms with Crippen molar-refractivity contribution in [3.05, 3.63) is 65.0 Å². The average molecular weight is 418 g/mol. The summed E-state index contributed by atoms with van der Waals surface area (Å²) in [5, 5.41) is 5.32. The largest absolute Gasteiger partial charge is 0.401 e. The summed E-state index contributed by atoms with van der Waals surface area (Å²) in [7, 11) is 2.92. The van der Waals surface area contributed by atoms with Crippen molar-refractivity contribution in [1.82, 2.24) is 19.6 Å². The maximum atomic E-state index is 13.1. The van der Waals surface area contributed by atoms with Crippen LogP contribution in [-0.2, 0) is 11.5 Å². The topological polar surface area (TPSA) is 58.4 Å². The maximum absolute atomic E-state index is 13.1. The first kappa shape index (κ1) is 21.5. The molecule has 0 aliphatic rings. The number of carbonyl (C=O) groups is 1. The van der Waals surface area contributed by atoms with Gasteiger partial charge in [0.15, 0.2) is 0 Å². The number of likely N-dealkylation sites (N-methyl/N-ethyl adjacent to an activating group) is 1. The first-order valence-electron chi connectivity index (χ1n) is 9.20. The Morgan fingerprint density at radius 1 is 1.00 bits per heavy atom. The van der Waals surface area contributed by atoms with Gasteiger partial charge in [-0.25, -0.2) is 4.68 Å². The highest BCUT2D eigenvalue weighted by molar-refractivity contribution is 5.93. The van der Waals surface area contributed by atoms with E-state index in [1.54, 1.807) is 24.3 Å². The van der Waals surface area contributed by atoms with Crippen LogP contribution in [0.25, 0.3) is 22.0 Å². The summed E-state index contributed by atoms with van der Waals surface area (Å²) in [4.78, 5) is 27.0. The van der Waals surface area contributed by atoms with Gasteiger partial charge in [0.1, 0.15) is 0 Å². The predicted octanol–water partition coefficient (Wildman–Crippen LogP) is 2.97. The van der Waals surface area contributed by atoms with Crippen LogP contribution in [0.5, 0.6) is 0 Å². The Morgan fingerprint density at radius 2 is 1.60 bits per heavy atom. The number of benzene rings is 2. The molecule has 0 atom stereocenters. The summed E-state index contributed by atoms with van der Waals surface area (Å²) in [6, 6.07) is 15.9. The fourth-order valence-electron chi connectivity index (χ4n) is 3.07. The number of nitrogens with zero attached hydrogens (tertiary/aromatic N) is 4. The number of halogens is 3. The monoisotopic (exact) mass is 418 g/mol. The van der Waals surface area contributed by atoms with Crippen LogP contribution in [0.4, 0.5) is 13.2 Å². The third kappa shape index (κ3) is 5.04. The second-order valence-electron chi connectivity index (χ2n) is 7.10. The molecular formula is C21H21F3N4O2. The molecular weight excluding hydrogens is 397 g/mol. The zero-order valence-electron chi connectivity index (χ0n) is 16.6. The lowest BCUT2D eigenvalue weighted by molar-refractivity contribution is -0.154. The molecule has 1 heterocycles. The van der Waals surface area contributed by atoms with Gasteiger partial charge in [-0.1, -0.05) is 48.5 Å². The summed E-state index contributed by atoms with van der Waals surface area (Å²) in [6.45, 7) is -2.30. The Hall–Kier alpha value is -3.20. The molecule has 0 radical (unpaired) electrons. The van der Waals surface area contributed by atoms with Crippen molar-refractivity contribution < 1.29 is 18.0 Å². The van der Waals surface area contributed by atoms with Crippen molar-refractivity contribution in [3.8, 4) is 11.3 Å². The molecule has 30 heavy (non-hydrogen) atoms. The van der Waals surface area contributed by atoms with Crippen LogP contribution < -0.4 is 5.56 Å². The maximum Gasteiger partial charge on any atom is 0.401 e. The Labute approximate surface area is 171 Å². The van der Waals surface area contributed by atoms with E-state index in [0.717, 1.165) is 15.1 Å². The van der Waals surface area contributed by atoms with Crippen LogP contribution in [0.3, 0.4) is 0 Å². The van der Waals surface area contributed by atoms with E-state index in [0.29, 0.717) is 16.5 Å². The Kier molecular flexibility index (Phi) is 6.21. The Morgan fingerprint density at radius 3 is 2.20 bits per heavy atom. The first-order chi connectivity index (χ1) is 14.2. The van der Waals surface area contributed by atoms with Crippen molar-refractivity contribution in [3.63, 3.8) is 0 Å². The highest BCUT2D eigenvalue weighted by Gasteiger charge is 2.32. The number of alkyl halides is 3. The number of carbonyl (C=O) groups excluding carboxylic acids is 1. The molecule has 6 nitrogen and oxygen atoms in total. The van der Waals surface area contributed by atoms with Gasteiger partial charge < -0.3 is 4.90 Å². The summed E-state index contributed by atoms with van der Waals surface area (Å²) in [6.07, 6.45) is -4.53. The molecule has 1 aromatic heterocycles. The number of amides is 1. The van der Waals surface area contributed by atoms with Gasteiger partial charge in [0.05, 0.1) is 30.8 Å². The molecule has 0 fully saturated rings. The minimum atomic E-state index is -4.53. The zero-order valence-corrected chi connectivity index (χ0v) is 16.6. The van der Waals surface area contributed by atoms with Crippen molar-refractivity contribution in [2.24, 2.45) is 0 Å². The number of hydrogen-bond donors (Lipinski definition) is 0. The van der Waals surface area contributed by atoms with E-state index in [1.165, 1.54) is 19.0 Å². The highest BCUT2D eigenvalue weighted by Crippen LogP contribution is 2.24. The van der Waals surface area contributed by atoms with E-state index >= 15 is 0 Å². The molecule has 0 aliphatic carbocycles. The molecule has 1 amide bonds. The normalized spacial score (nSPS) is 11.8. The fraction of sp³-hybridized carbons (Fsp3) is 0.286. The van der Waals surface area contributed by atoms with Gasteiger partial charge in [0, 0.05) is 25.0 Å². The second-order valence-corrected chi connectivity index (χ2v) is 7.10. The zero-order chi connectivity index (χ0) is 21.9. The summed E-state index contributed by atoms with van der Waals surface area (Å²) >= 11 is 0. The van der Waals surface area contributed by atoms with Crippen molar-refractivity contribution >= 4 is 16.7 Å². The Bertz CT molecular complexity index is 1090. The van der Waals surface area contributed by atoms with Gasteiger partial charge in [0.2, 0.25) is 5.91 Å². The molecule has 0 aliphatic heterocycles. The molecule has 3 rings (SSSR count). The summed E-state index contributed by atoms with van der Waals surface area (Å²) in [5.41, 5.74) is 0.695. The van der Waals surface area contributed by atoms with Crippen LogP contribution in [0, 0.1) is 0 Å². The molecule has 0 spiro atoms. The van der Waals surface area contributed by atoms with Crippen molar-refractivity contribution in [2.75, 3.05) is 27.2 Å². The van der Waals surface area contributed by atoms with Gasteiger partial charge in [-0.15, -0.1) is 0 Å². The molecule has 0 bridgehead atoms. The van der Waals surface area contributed by atoms with E-state index in [9.17, 15) is 22.8 Å². The first-order valence-corrected chi connectivity index (χ1v) is 9.20. The number of hydrogen-bond acceptors (Lipinski definition) is 4. The molecule has 0 saturated heterocycles. The minimum Gasteiger partial charge on any atom is -0.348 e. The van der Waals surface area contributed by atoms with Crippen LogP contribution in [0.15, 0.2) is 59.4 Å². The summed E-state index contributed by atoms with van der Waals surface area (Å²) in [5.74, 6) is -0.503. The lowest BCUT2D eigenvalue weighted by Crippen LogP contribution is -2.44. The van der Waals surface area contributed by atoms with Gasteiger partial charge in [-0.2, -0.15) is 18.3 Å². The van der Waals surface area contributed by atoms with Crippen molar-refractivity contribution in [2.45, 2.75) is 12.8 Å².